The number of primary amides is 3. The van der Waals surface area contributed by atoms with Crippen LogP contribution in [0.2, 0.25) is 0 Å². The predicted octanol–water partition coefficient (Wildman–Crippen LogP) is -5.12. The first-order chi connectivity index (χ1) is 53.6. The molecule has 2 heterocycles. The van der Waals surface area contributed by atoms with E-state index in [1.54, 1.807) is 38.2 Å². The van der Waals surface area contributed by atoms with Crippen molar-refractivity contribution in [3.8, 4) is 0 Å². The van der Waals surface area contributed by atoms with Gasteiger partial charge < -0.3 is 124 Å². The Morgan fingerprint density at radius 2 is 0.752 bits per heavy atom. The number of carbonyl (C=O) groups excluding carboxylic acids is 15. The minimum atomic E-state index is -1.95. The number of fused-ring (bicyclic) bond motifs is 1. The van der Waals surface area contributed by atoms with Crippen molar-refractivity contribution in [2.75, 3.05) is 39.3 Å². The summed E-state index contributed by atoms with van der Waals surface area (Å²) in [4.78, 5) is 235. The first-order valence-electron chi connectivity index (χ1n) is 38.6. The molecule has 1 aromatic carbocycles. The van der Waals surface area contributed by atoms with Gasteiger partial charge in [-0.2, -0.15) is 0 Å². The smallest absolute Gasteiger partial charge is 0.322 e. The van der Waals surface area contributed by atoms with E-state index in [2.05, 4.69) is 74.1 Å². The van der Waals surface area contributed by atoms with Gasteiger partial charge in [-0.05, 0) is 178 Å². The number of carboxylic acids is 2. The Bertz CT molecular complexity index is 3520. The number of aliphatic carboxylic acids is 2. The van der Waals surface area contributed by atoms with Crippen molar-refractivity contribution in [3.63, 3.8) is 0 Å². The fourth-order valence-electron chi connectivity index (χ4n) is 12.4. The topological polar surface area (TPSA) is 685 Å². The zero-order valence-corrected chi connectivity index (χ0v) is 65.1. The number of H-pyrrole nitrogens is 1. The highest BCUT2D eigenvalue weighted by molar-refractivity contribution is 6.01. The molecule has 0 bridgehead atoms. The lowest BCUT2D eigenvalue weighted by Gasteiger charge is -2.29. The Morgan fingerprint density at radius 3 is 1.12 bits per heavy atom. The number of hydrogen-bond donors (Lipinski definition) is 23. The molecular formula is C73H121N21O19. The molecule has 113 heavy (non-hydrogen) atoms. The van der Waals surface area contributed by atoms with E-state index in [1.807, 2.05) is 19.9 Å². The van der Waals surface area contributed by atoms with Gasteiger partial charge in [-0.15, -0.1) is 0 Å². The van der Waals surface area contributed by atoms with Crippen LogP contribution in [-0.2, 0) is 87.9 Å². The van der Waals surface area contributed by atoms with Gasteiger partial charge in [0.05, 0.1) is 12.5 Å². The van der Waals surface area contributed by atoms with Crippen LogP contribution in [0, 0.1) is 11.8 Å². The van der Waals surface area contributed by atoms with Crippen LogP contribution in [0.5, 0.6) is 0 Å². The third-order valence-electron chi connectivity index (χ3n) is 18.5. The molecule has 1 saturated heterocycles. The normalized spacial score (nSPS) is 15.5. The molecule has 3 rings (SSSR count). The van der Waals surface area contributed by atoms with Gasteiger partial charge in [-0.3, -0.25) is 81.5 Å². The zero-order chi connectivity index (χ0) is 84.3. The van der Waals surface area contributed by atoms with Crippen LogP contribution < -0.4 is 109 Å². The summed E-state index contributed by atoms with van der Waals surface area (Å²) in [5.41, 5.74) is 41.1. The Labute approximate surface area is 656 Å². The predicted molar refractivity (Wildman–Crippen MR) is 413 cm³/mol. The highest BCUT2D eigenvalue weighted by atomic mass is 16.4. The van der Waals surface area contributed by atoms with E-state index in [4.69, 9.17) is 40.1 Å². The molecule has 30 N–H and O–H groups in total. The number of benzene rings is 1. The first kappa shape index (κ1) is 96.7. The summed E-state index contributed by atoms with van der Waals surface area (Å²) in [7, 11) is 0. The van der Waals surface area contributed by atoms with Gasteiger partial charge in [-0.1, -0.05) is 45.9 Å². The highest BCUT2D eigenvalue weighted by Gasteiger charge is 2.39. The van der Waals surface area contributed by atoms with Crippen molar-refractivity contribution in [2.45, 2.75) is 254 Å². The van der Waals surface area contributed by atoms with Crippen molar-refractivity contribution in [1.82, 2.24) is 74.1 Å². The minimum absolute atomic E-state index is 0.0243. The maximum atomic E-state index is 14.8. The molecule has 0 aliphatic carbocycles. The molecule has 0 spiro atoms. The van der Waals surface area contributed by atoms with Gasteiger partial charge in [0.15, 0.2) is 0 Å². The standard InChI is InChI=1S/C73H121N21O19/c1-40(2)34-53(70(110)86-48(20-9-13-31-76)64(104)85-47(19-8-12-30-75)65(105)90-52(25-28-60(98)99)68(108)84-46(18-7-11-29-74)62(102)83-39-61(100)101)92-73(113)56(37-59(80)97)94-69(109)51(24-27-58(79)96)89-67(107)50(23-26-57(78)95)88-66(106)49(21-10-14-32-77)87-72(112)55(36-42-38-82-44-17-6-5-16-43(42)44)93-71(111)54(35-41(3)4)91-63(103)45-22-15-33-81-45/h5-6,16-17,38,40-41,45-56,81-82H,7-15,18-37,39,74-77H2,1-4H3,(H2,78,95)(H2,79,96)(H2,80,97)(H,83,102)(H,84,108)(H,85,104)(H,86,110)(H,87,112)(H,88,106)(H,89,107)(H,90,105)(H,91,103)(H,92,113)(H,93,111)(H,94,109)(H,98,99)(H,100,101)/t45-,46-,47-,48-,49-,50-,51-,52-,53-,54-,55-,56-/m0/s1. The van der Waals surface area contributed by atoms with Gasteiger partial charge >= 0.3 is 11.9 Å². The summed E-state index contributed by atoms with van der Waals surface area (Å²) in [6.07, 6.45) is 0.429. The van der Waals surface area contributed by atoms with Crippen molar-refractivity contribution in [3.05, 3.63) is 36.0 Å². The molecule has 1 aromatic heterocycles. The van der Waals surface area contributed by atoms with E-state index < -0.39 is 230 Å². The highest BCUT2D eigenvalue weighted by Crippen LogP contribution is 2.21. The largest absolute Gasteiger partial charge is 0.481 e. The summed E-state index contributed by atoms with van der Waals surface area (Å²) in [5, 5.41) is 53.1. The Balaban J connectivity index is 2.00. The van der Waals surface area contributed by atoms with Crippen molar-refractivity contribution in [1.29, 1.82) is 0 Å². The molecule has 12 atom stereocenters. The van der Waals surface area contributed by atoms with Gasteiger partial charge in [0.25, 0.3) is 0 Å². The molecule has 1 aliphatic rings. The molecular weight excluding hydrogens is 1470 g/mol. The van der Waals surface area contributed by atoms with E-state index in [9.17, 15) is 91.7 Å². The van der Waals surface area contributed by atoms with Crippen LogP contribution in [-0.4, -0.2) is 228 Å². The average molecular weight is 1600 g/mol. The minimum Gasteiger partial charge on any atom is -0.481 e. The zero-order valence-electron chi connectivity index (χ0n) is 65.1. The quantitative estimate of drug-likeness (QED) is 0.0275. The number of nitrogens with one attached hydrogen (secondary N) is 14. The number of para-hydroxylation sites is 1. The molecule has 15 amide bonds. The monoisotopic (exact) mass is 1600 g/mol. The second-order valence-corrected chi connectivity index (χ2v) is 29.0. The summed E-state index contributed by atoms with van der Waals surface area (Å²) < 4.78 is 0. The number of carbonyl (C=O) groups is 17. The molecule has 2 aromatic rings. The Hall–Kier alpha value is -10.4. The number of aromatic nitrogens is 1. The summed E-state index contributed by atoms with van der Waals surface area (Å²) in [5.74, 6) is -17.8. The van der Waals surface area contributed by atoms with Crippen molar-refractivity contribution >= 4 is 111 Å². The third kappa shape index (κ3) is 37.2. The van der Waals surface area contributed by atoms with Gasteiger partial charge in [0.2, 0.25) is 88.6 Å². The SMILES string of the molecule is CC(C)C[C@H](NC(=O)[C@@H]1CCCN1)C(=O)N[C@@H](Cc1c[nH]c2ccccc12)C(=O)N[C@@H](CCCCN)C(=O)N[C@@H](CCC(N)=O)C(=O)N[C@@H](CCC(N)=O)C(=O)N[C@@H](CC(N)=O)C(=O)N[C@@H](CC(C)C)C(=O)N[C@@H](CCCCN)C(=O)N[C@@H](CCCCN)C(=O)N[C@@H](CCC(=O)O)C(=O)N[C@@H](CCCCN)C(=O)NCC(=O)O. The Morgan fingerprint density at radius 1 is 0.407 bits per heavy atom. The summed E-state index contributed by atoms with van der Waals surface area (Å²) in [6.45, 7) is 7.53. The maximum Gasteiger partial charge on any atom is 0.322 e. The number of hydrogen-bond acceptors (Lipinski definition) is 22. The molecule has 40 heteroatoms. The number of nitrogens with two attached hydrogens (primary N) is 7. The van der Waals surface area contributed by atoms with Crippen LogP contribution in [0.4, 0.5) is 0 Å². The van der Waals surface area contributed by atoms with Gasteiger partial charge in [0.1, 0.15) is 73.0 Å². The second-order valence-electron chi connectivity index (χ2n) is 29.0. The number of unbranched alkanes of at least 4 members (excludes halogenated alkanes) is 4. The fourth-order valence-corrected chi connectivity index (χ4v) is 12.4. The van der Waals surface area contributed by atoms with Crippen LogP contribution in [0.3, 0.4) is 0 Å². The number of rotatable bonds is 58. The molecule has 632 valence electrons. The number of aromatic amines is 1. The van der Waals surface area contributed by atoms with E-state index in [-0.39, 0.29) is 96.3 Å². The summed E-state index contributed by atoms with van der Waals surface area (Å²) in [6, 6.07) is -10.4. The lowest BCUT2D eigenvalue weighted by Crippen LogP contribution is -2.61. The Kier molecular flexibility index (Phi) is 44.5. The average Bonchev–Trinajstić information content (AvgIpc) is 1.70. The van der Waals surface area contributed by atoms with Crippen LogP contribution in [0.25, 0.3) is 10.9 Å². The van der Waals surface area contributed by atoms with E-state index in [1.165, 1.54) is 0 Å². The molecule has 1 aliphatic heterocycles. The van der Waals surface area contributed by atoms with Crippen LogP contribution in [0.1, 0.15) is 181 Å². The van der Waals surface area contributed by atoms with Gasteiger partial charge in [0, 0.05) is 42.8 Å². The lowest BCUT2D eigenvalue weighted by molar-refractivity contribution is -0.139. The molecule has 1 fully saturated rings. The van der Waals surface area contributed by atoms with Gasteiger partial charge in [-0.25, -0.2) is 0 Å². The molecule has 40 nitrogen and oxygen atoms in total. The number of carboxylic acid groups (broad SMARTS) is 2. The van der Waals surface area contributed by atoms with E-state index in [0.717, 1.165) is 11.8 Å². The lowest BCUT2D eigenvalue weighted by atomic mass is 9.99. The molecule has 0 radical (unpaired) electrons. The van der Waals surface area contributed by atoms with Crippen LogP contribution in [0.15, 0.2) is 30.5 Å². The van der Waals surface area contributed by atoms with E-state index in [0.29, 0.717) is 56.1 Å². The maximum absolute atomic E-state index is 14.8. The third-order valence-corrected chi connectivity index (χ3v) is 18.5. The van der Waals surface area contributed by atoms with Crippen molar-refractivity contribution < 1.29 is 91.7 Å². The summed E-state index contributed by atoms with van der Waals surface area (Å²) >= 11 is 0. The van der Waals surface area contributed by atoms with Crippen LogP contribution >= 0.6 is 0 Å². The number of amides is 15. The fraction of sp³-hybridized carbons (Fsp3) is 0.658. The molecule has 0 saturated carbocycles. The van der Waals surface area contributed by atoms with Crippen molar-refractivity contribution in [2.24, 2.45) is 52.0 Å². The first-order valence-corrected chi connectivity index (χ1v) is 38.6. The van der Waals surface area contributed by atoms with E-state index >= 15 is 0 Å². The second kappa shape index (κ2) is 52.0. The molecule has 0 unspecified atom stereocenters.